The minimum Gasteiger partial charge on any atom is -0.338 e. The number of alkyl halides is 3. The number of amides is 2. The molecule has 1 aliphatic rings. The first kappa shape index (κ1) is 13.1. The predicted molar refractivity (Wildman–Crippen MR) is 54.0 cm³/mol. The maximum atomic E-state index is 11.8. The standard InChI is InChI=1S/C10H17F3N2O/c1-2-9(4-3-5-9)6-14-8(16)15-7-10(11,12)13/h2-7H2,1H3,(H2,14,15,16). The summed E-state index contributed by atoms with van der Waals surface area (Å²) in [6, 6.07) is -0.739. The Labute approximate surface area is 92.8 Å². The highest BCUT2D eigenvalue weighted by molar-refractivity contribution is 5.73. The first-order chi connectivity index (χ1) is 7.37. The van der Waals surface area contributed by atoms with Crippen molar-refractivity contribution in [1.82, 2.24) is 10.6 Å². The molecule has 0 unspecified atom stereocenters. The minimum atomic E-state index is -4.35. The number of rotatable bonds is 4. The summed E-state index contributed by atoms with van der Waals surface area (Å²) in [5.74, 6) is 0. The molecule has 1 rings (SSSR count). The molecule has 0 spiro atoms. The van der Waals surface area contributed by atoms with Crippen LogP contribution < -0.4 is 10.6 Å². The van der Waals surface area contributed by atoms with Gasteiger partial charge in [0.2, 0.25) is 0 Å². The lowest BCUT2D eigenvalue weighted by Gasteiger charge is -2.41. The van der Waals surface area contributed by atoms with E-state index in [2.05, 4.69) is 5.32 Å². The van der Waals surface area contributed by atoms with Crippen LogP contribution in [0.25, 0.3) is 0 Å². The summed E-state index contributed by atoms with van der Waals surface area (Å²) in [6.45, 7) is 1.22. The van der Waals surface area contributed by atoms with Gasteiger partial charge in [0.15, 0.2) is 0 Å². The Hall–Kier alpha value is -0.940. The highest BCUT2D eigenvalue weighted by atomic mass is 19.4. The van der Waals surface area contributed by atoms with Gasteiger partial charge < -0.3 is 10.6 Å². The number of nitrogens with one attached hydrogen (secondary N) is 2. The smallest absolute Gasteiger partial charge is 0.338 e. The zero-order valence-electron chi connectivity index (χ0n) is 9.28. The second-order valence-corrected chi connectivity index (χ2v) is 4.36. The molecule has 94 valence electrons. The van der Waals surface area contributed by atoms with Crippen molar-refractivity contribution in [2.45, 2.75) is 38.8 Å². The van der Waals surface area contributed by atoms with Crippen molar-refractivity contribution in [3.63, 3.8) is 0 Å². The Bertz CT molecular complexity index is 243. The zero-order valence-corrected chi connectivity index (χ0v) is 9.28. The van der Waals surface area contributed by atoms with Gasteiger partial charge in [-0.3, -0.25) is 0 Å². The molecule has 0 atom stereocenters. The van der Waals surface area contributed by atoms with Gasteiger partial charge in [0.25, 0.3) is 0 Å². The van der Waals surface area contributed by atoms with Gasteiger partial charge in [-0.2, -0.15) is 13.2 Å². The van der Waals surface area contributed by atoms with Crippen molar-refractivity contribution >= 4 is 6.03 Å². The van der Waals surface area contributed by atoms with E-state index in [1.165, 1.54) is 0 Å². The Morgan fingerprint density at radius 3 is 2.31 bits per heavy atom. The fourth-order valence-corrected chi connectivity index (χ4v) is 1.84. The van der Waals surface area contributed by atoms with Crippen LogP contribution in [0.5, 0.6) is 0 Å². The van der Waals surface area contributed by atoms with Gasteiger partial charge in [-0.05, 0) is 24.7 Å². The van der Waals surface area contributed by atoms with Crippen LogP contribution in [-0.2, 0) is 0 Å². The molecule has 0 aromatic carbocycles. The largest absolute Gasteiger partial charge is 0.405 e. The number of hydrogen-bond acceptors (Lipinski definition) is 1. The molecule has 0 saturated heterocycles. The van der Waals surface area contributed by atoms with E-state index in [4.69, 9.17) is 0 Å². The van der Waals surface area contributed by atoms with Crippen LogP contribution in [0.15, 0.2) is 0 Å². The SMILES string of the molecule is CCC1(CNC(=O)NCC(F)(F)F)CCC1. The topological polar surface area (TPSA) is 41.1 Å². The van der Waals surface area contributed by atoms with Gasteiger partial charge in [-0.1, -0.05) is 13.3 Å². The third kappa shape index (κ3) is 3.90. The lowest BCUT2D eigenvalue weighted by molar-refractivity contribution is -0.122. The molecule has 1 fully saturated rings. The van der Waals surface area contributed by atoms with E-state index in [0.29, 0.717) is 6.54 Å². The first-order valence-electron chi connectivity index (χ1n) is 5.45. The molecule has 2 N–H and O–H groups in total. The third-order valence-corrected chi connectivity index (χ3v) is 3.24. The summed E-state index contributed by atoms with van der Waals surface area (Å²) in [5, 5.41) is 4.29. The molecule has 1 saturated carbocycles. The zero-order chi connectivity index (χ0) is 12.2. The van der Waals surface area contributed by atoms with Crippen molar-refractivity contribution in [2.75, 3.05) is 13.1 Å². The third-order valence-electron chi connectivity index (χ3n) is 3.24. The molecular formula is C10H17F3N2O. The van der Waals surface area contributed by atoms with Gasteiger partial charge in [-0.15, -0.1) is 0 Å². The van der Waals surface area contributed by atoms with Crippen molar-refractivity contribution in [3.05, 3.63) is 0 Å². The van der Waals surface area contributed by atoms with Gasteiger partial charge in [0.1, 0.15) is 6.54 Å². The van der Waals surface area contributed by atoms with Crippen molar-refractivity contribution in [1.29, 1.82) is 0 Å². The molecule has 6 heteroatoms. The summed E-state index contributed by atoms with van der Waals surface area (Å²) >= 11 is 0. The van der Waals surface area contributed by atoms with Crippen LogP contribution in [-0.4, -0.2) is 25.3 Å². The number of halogens is 3. The molecule has 2 amide bonds. The average molecular weight is 238 g/mol. The molecule has 0 radical (unpaired) electrons. The highest BCUT2D eigenvalue weighted by Gasteiger charge is 2.35. The minimum absolute atomic E-state index is 0.121. The van der Waals surface area contributed by atoms with E-state index in [1.807, 2.05) is 6.92 Å². The lowest BCUT2D eigenvalue weighted by atomic mass is 9.67. The van der Waals surface area contributed by atoms with Gasteiger partial charge >= 0.3 is 12.2 Å². The van der Waals surface area contributed by atoms with Crippen LogP contribution in [0.4, 0.5) is 18.0 Å². The summed E-state index contributed by atoms with van der Waals surface area (Å²) in [5.41, 5.74) is 0.121. The fourth-order valence-electron chi connectivity index (χ4n) is 1.84. The van der Waals surface area contributed by atoms with Crippen LogP contribution in [0.1, 0.15) is 32.6 Å². The van der Waals surface area contributed by atoms with E-state index >= 15 is 0 Å². The van der Waals surface area contributed by atoms with Crippen molar-refractivity contribution in [2.24, 2.45) is 5.41 Å². The number of hydrogen-bond donors (Lipinski definition) is 2. The van der Waals surface area contributed by atoms with E-state index in [1.54, 1.807) is 5.32 Å². The van der Waals surface area contributed by atoms with Gasteiger partial charge in [0.05, 0.1) is 0 Å². The second kappa shape index (κ2) is 4.93. The number of carbonyl (C=O) groups is 1. The van der Waals surface area contributed by atoms with Crippen LogP contribution >= 0.6 is 0 Å². The van der Waals surface area contributed by atoms with Crippen LogP contribution in [0.3, 0.4) is 0 Å². The molecule has 0 bridgehead atoms. The van der Waals surface area contributed by atoms with E-state index < -0.39 is 18.8 Å². The monoisotopic (exact) mass is 238 g/mol. The second-order valence-electron chi connectivity index (χ2n) is 4.36. The average Bonchev–Trinajstić information content (AvgIpc) is 2.13. The van der Waals surface area contributed by atoms with Crippen molar-refractivity contribution < 1.29 is 18.0 Å². The molecule has 1 aliphatic carbocycles. The summed E-state index contributed by atoms with van der Waals surface area (Å²) in [7, 11) is 0. The first-order valence-corrected chi connectivity index (χ1v) is 5.45. The summed E-state index contributed by atoms with van der Waals surface area (Å²) in [4.78, 5) is 11.1. The fraction of sp³-hybridized carbons (Fsp3) is 0.900. The predicted octanol–water partition coefficient (Wildman–Crippen LogP) is 2.43. The Morgan fingerprint density at radius 2 is 1.94 bits per heavy atom. The normalized spacial score (nSPS) is 18.8. The molecule has 16 heavy (non-hydrogen) atoms. The van der Waals surface area contributed by atoms with E-state index in [9.17, 15) is 18.0 Å². The Kier molecular flexibility index (Phi) is 4.04. The Balaban J connectivity index is 2.20. The number of urea groups is 1. The van der Waals surface area contributed by atoms with Gasteiger partial charge in [0, 0.05) is 6.54 Å². The molecular weight excluding hydrogens is 221 g/mol. The van der Waals surface area contributed by atoms with Crippen LogP contribution in [0.2, 0.25) is 0 Å². The van der Waals surface area contributed by atoms with E-state index in [0.717, 1.165) is 25.7 Å². The molecule has 0 heterocycles. The molecule has 0 aromatic rings. The van der Waals surface area contributed by atoms with Crippen molar-refractivity contribution in [3.8, 4) is 0 Å². The molecule has 0 aliphatic heterocycles. The van der Waals surface area contributed by atoms with Gasteiger partial charge in [-0.25, -0.2) is 4.79 Å². The maximum Gasteiger partial charge on any atom is 0.405 e. The quantitative estimate of drug-likeness (QED) is 0.776. The van der Waals surface area contributed by atoms with E-state index in [-0.39, 0.29) is 5.41 Å². The Morgan fingerprint density at radius 1 is 1.31 bits per heavy atom. The maximum absolute atomic E-state index is 11.8. The lowest BCUT2D eigenvalue weighted by Crippen LogP contribution is -2.47. The molecule has 3 nitrogen and oxygen atoms in total. The summed E-state index contributed by atoms with van der Waals surface area (Å²) < 4.78 is 35.4. The highest BCUT2D eigenvalue weighted by Crippen LogP contribution is 2.42. The van der Waals surface area contributed by atoms with Crippen LogP contribution in [0, 0.1) is 5.41 Å². The number of carbonyl (C=O) groups excluding carboxylic acids is 1. The summed E-state index contributed by atoms with van der Waals surface area (Å²) in [6.07, 6.45) is -0.172. The molecule has 0 aromatic heterocycles.